The average molecular weight is 453 g/mol. The molecule has 0 atom stereocenters. The standard InChI is InChI=1S/C25H32N4O2S/c1-2-29(18-10-5-3-6-11-18)17-9-16-26-22(30)15-14-21-27-24(31)23-19-12-7-4-8-13-20(19)32-25(23)28-21/h3,5-6,10-11H,2,4,7-9,12-17H2,1H3,(H,26,30)(H,27,28,31). The van der Waals surface area contributed by atoms with Crippen molar-refractivity contribution in [3.63, 3.8) is 0 Å². The number of fused-ring (bicyclic) bond motifs is 3. The fraction of sp³-hybridized carbons (Fsp3) is 0.480. The molecule has 2 heterocycles. The van der Waals surface area contributed by atoms with E-state index in [-0.39, 0.29) is 11.5 Å². The second-order valence-electron chi connectivity index (χ2n) is 8.38. The summed E-state index contributed by atoms with van der Waals surface area (Å²) in [5.41, 5.74) is 2.36. The number of aromatic nitrogens is 2. The van der Waals surface area contributed by atoms with E-state index in [1.165, 1.54) is 29.0 Å². The van der Waals surface area contributed by atoms with Gasteiger partial charge in [-0.1, -0.05) is 24.6 Å². The molecular weight excluding hydrogens is 420 g/mol. The molecule has 0 spiro atoms. The first-order chi connectivity index (χ1) is 15.7. The zero-order valence-electron chi connectivity index (χ0n) is 18.8. The minimum absolute atomic E-state index is 0.00235. The van der Waals surface area contributed by atoms with Gasteiger partial charge in [0.2, 0.25) is 5.91 Å². The monoisotopic (exact) mass is 452 g/mol. The number of carbonyl (C=O) groups excluding carboxylic acids is 1. The molecule has 0 saturated carbocycles. The Balaban J connectivity index is 1.27. The van der Waals surface area contributed by atoms with Gasteiger partial charge in [-0.15, -0.1) is 11.3 Å². The van der Waals surface area contributed by atoms with Crippen LogP contribution >= 0.6 is 11.3 Å². The molecule has 0 unspecified atom stereocenters. The van der Waals surface area contributed by atoms with Crippen molar-refractivity contribution in [2.75, 3.05) is 24.5 Å². The molecule has 0 fully saturated rings. The zero-order valence-corrected chi connectivity index (χ0v) is 19.6. The van der Waals surface area contributed by atoms with Crippen molar-refractivity contribution in [1.82, 2.24) is 15.3 Å². The number of rotatable bonds is 9. The number of aryl methyl sites for hydroxylation is 3. The van der Waals surface area contributed by atoms with Gasteiger partial charge in [-0.2, -0.15) is 0 Å². The molecule has 170 valence electrons. The summed E-state index contributed by atoms with van der Waals surface area (Å²) in [4.78, 5) is 37.1. The third-order valence-electron chi connectivity index (χ3n) is 6.14. The Morgan fingerprint density at radius 1 is 1.19 bits per heavy atom. The number of nitrogens with zero attached hydrogens (tertiary/aromatic N) is 2. The summed E-state index contributed by atoms with van der Waals surface area (Å²) in [7, 11) is 0. The number of nitrogens with one attached hydrogen (secondary N) is 2. The van der Waals surface area contributed by atoms with E-state index in [2.05, 4.69) is 39.2 Å². The summed E-state index contributed by atoms with van der Waals surface area (Å²) in [6, 6.07) is 10.3. The lowest BCUT2D eigenvalue weighted by atomic mass is 10.1. The lowest BCUT2D eigenvalue weighted by molar-refractivity contribution is -0.121. The highest BCUT2D eigenvalue weighted by molar-refractivity contribution is 7.18. The van der Waals surface area contributed by atoms with Crippen molar-refractivity contribution < 1.29 is 4.79 Å². The Labute approximate surface area is 193 Å². The largest absolute Gasteiger partial charge is 0.372 e. The van der Waals surface area contributed by atoms with Crippen molar-refractivity contribution in [2.24, 2.45) is 0 Å². The molecule has 1 aliphatic rings. The Hall–Kier alpha value is -2.67. The van der Waals surface area contributed by atoms with E-state index in [0.717, 1.165) is 49.0 Å². The van der Waals surface area contributed by atoms with E-state index in [4.69, 9.17) is 0 Å². The highest BCUT2D eigenvalue weighted by Gasteiger charge is 2.19. The normalized spacial score (nSPS) is 13.5. The highest BCUT2D eigenvalue weighted by Crippen LogP contribution is 2.32. The lowest BCUT2D eigenvalue weighted by Gasteiger charge is -2.23. The second-order valence-corrected chi connectivity index (χ2v) is 9.46. The Morgan fingerprint density at radius 2 is 2.00 bits per heavy atom. The molecule has 1 aliphatic carbocycles. The maximum atomic E-state index is 12.7. The van der Waals surface area contributed by atoms with Crippen molar-refractivity contribution in [3.05, 3.63) is 57.0 Å². The molecule has 32 heavy (non-hydrogen) atoms. The van der Waals surface area contributed by atoms with Gasteiger partial charge < -0.3 is 15.2 Å². The zero-order chi connectivity index (χ0) is 22.3. The smallest absolute Gasteiger partial charge is 0.259 e. The Bertz CT molecular complexity index is 1110. The van der Waals surface area contributed by atoms with Crippen molar-refractivity contribution >= 4 is 33.1 Å². The van der Waals surface area contributed by atoms with E-state index >= 15 is 0 Å². The van der Waals surface area contributed by atoms with Crippen LogP contribution in [-0.4, -0.2) is 35.5 Å². The Morgan fingerprint density at radius 3 is 2.81 bits per heavy atom. The van der Waals surface area contributed by atoms with E-state index in [1.807, 2.05) is 18.2 Å². The van der Waals surface area contributed by atoms with E-state index in [1.54, 1.807) is 11.3 Å². The molecule has 4 rings (SSSR count). The van der Waals surface area contributed by atoms with Crippen LogP contribution in [0.1, 0.15) is 55.3 Å². The first-order valence-corrected chi connectivity index (χ1v) is 12.6. The van der Waals surface area contributed by atoms with Gasteiger partial charge in [0.25, 0.3) is 5.56 Å². The van der Waals surface area contributed by atoms with Gasteiger partial charge in [0.05, 0.1) is 5.39 Å². The lowest BCUT2D eigenvalue weighted by Crippen LogP contribution is -2.30. The summed E-state index contributed by atoms with van der Waals surface area (Å²) in [5.74, 6) is 0.604. The van der Waals surface area contributed by atoms with Gasteiger partial charge in [0, 0.05) is 43.0 Å². The molecule has 1 amide bonds. The van der Waals surface area contributed by atoms with Gasteiger partial charge in [0.1, 0.15) is 10.7 Å². The fourth-order valence-corrected chi connectivity index (χ4v) is 5.71. The Kier molecular flexibility index (Phi) is 7.58. The predicted molar refractivity (Wildman–Crippen MR) is 132 cm³/mol. The first kappa shape index (κ1) is 22.5. The van der Waals surface area contributed by atoms with E-state index in [9.17, 15) is 9.59 Å². The van der Waals surface area contributed by atoms with Gasteiger partial charge in [-0.05, 0) is 56.7 Å². The van der Waals surface area contributed by atoms with Crippen LogP contribution in [0, 0.1) is 0 Å². The number of hydrogen-bond acceptors (Lipinski definition) is 5. The SMILES string of the molecule is CCN(CCCNC(=O)CCc1nc2sc3c(c2c(=O)[nH]1)CCCCC3)c1ccccc1. The first-order valence-electron chi connectivity index (χ1n) is 11.8. The van der Waals surface area contributed by atoms with Crippen LogP contribution in [0.3, 0.4) is 0 Å². The summed E-state index contributed by atoms with van der Waals surface area (Å²) >= 11 is 1.66. The molecule has 1 aromatic carbocycles. The molecule has 2 N–H and O–H groups in total. The third kappa shape index (κ3) is 5.38. The number of aromatic amines is 1. The van der Waals surface area contributed by atoms with Crippen molar-refractivity contribution in [1.29, 1.82) is 0 Å². The number of thiophene rings is 1. The van der Waals surface area contributed by atoms with Gasteiger partial charge in [-0.25, -0.2) is 4.98 Å². The molecular formula is C25H32N4O2S. The molecule has 6 nitrogen and oxygen atoms in total. The van der Waals surface area contributed by atoms with E-state index in [0.29, 0.717) is 25.2 Å². The fourth-order valence-electron chi connectivity index (χ4n) is 4.43. The number of para-hydroxylation sites is 1. The van der Waals surface area contributed by atoms with Crippen LogP contribution in [0.15, 0.2) is 35.1 Å². The average Bonchev–Trinajstić information content (AvgIpc) is 3.00. The van der Waals surface area contributed by atoms with Crippen molar-refractivity contribution in [3.8, 4) is 0 Å². The number of H-pyrrole nitrogens is 1. The molecule has 2 aromatic heterocycles. The summed E-state index contributed by atoms with van der Waals surface area (Å²) in [6.45, 7) is 4.62. The summed E-state index contributed by atoms with van der Waals surface area (Å²) in [5, 5.41) is 3.78. The summed E-state index contributed by atoms with van der Waals surface area (Å²) in [6.07, 6.45) is 7.24. The topological polar surface area (TPSA) is 78.1 Å². The maximum absolute atomic E-state index is 12.7. The van der Waals surface area contributed by atoms with Gasteiger partial charge in [-0.3, -0.25) is 9.59 Å². The van der Waals surface area contributed by atoms with Crippen LogP contribution in [-0.2, 0) is 24.1 Å². The van der Waals surface area contributed by atoms with Gasteiger partial charge >= 0.3 is 0 Å². The minimum Gasteiger partial charge on any atom is -0.372 e. The van der Waals surface area contributed by atoms with Crippen molar-refractivity contribution in [2.45, 2.75) is 58.3 Å². The molecule has 7 heteroatoms. The number of benzene rings is 1. The summed E-state index contributed by atoms with van der Waals surface area (Å²) < 4.78 is 0. The molecule has 0 aliphatic heterocycles. The molecule has 0 bridgehead atoms. The predicted octanol–water partition coefficient (Wildman–Crippen LogP) is 4.22. The number of carbonyl (C=O) groups is 1. The number of hydrogen-bond donors (Lipinski definition) is 2. The van der Waals surface area contributed by atoms with Gasteiger partial charge in [0.15, 0.2) is 0 Å². The van der Waals surface area contributed by atoms with Crippen LogP contribution in [0.5, 0.6) is 0 Å². The van der Waals surface area contributed by atoms with E-state index < -0.39 is 0 Å². The highest BCUT2D eigenvalue weighted by atomic mass is 32.1. The minimum atomic E-state index is -0.0506. The second kappa shape index (κ2) is 10.8. The maximum Gasteiger partial charge on any atom is 0.259 e. The number of anilines is 1. The molecule has 3 aromatic rings. The third-order valence-corrected chi connectivity index (χ3v) is 7.33. The quantitative estimate of drug-likeness (QED) is 0.376. The molecule has 0 saturated heterocycles. The van der Waals surface area contributed by atoms with Crippen LogP contribution in [0.2, 0.25) is 0 Å². The van der Waals surface area contributed by atoms with Crippen LogP contribution < -0.4 is 15.8 Å². The molecule has 0 radical (unpaired) electrons. The number of amides is 1. The van der Waals surface area contributed by atoms with Crippen LogP contribution in [0.25, 0.3) is 10.2 Å². The van der Waals surface area contributed by atoms with Crippen LogP contribution in [0.4, 0.5) is 5.69 Å².